The van der Waals surface area contributed by atoms with Crippen molar-refractivity contribution >= 4 is 23.2 Å². The molecule has 0 saturated heterocycles. The van der Waals surface area contributed by atoms with E-state index in [0.29, 0.717) is 5.31 Å². The number of nitriles is 1. The fourth-order valence-corrected chi connectivity index (χ4v) is 7.00. The smallest absolute Gasteiger partial charge is 0.200 e. The Labute approximate surface area is 171 Å². The molecule has 0 aliphatic heterocycles. The molecule has 0 bridgehead atoms. The molecule has 0 fully saturated rings. The molecule has 0 aliphatic rings. The van der Waals surface area contributed by atoms with Crippen LogP contribution >= 0.6 is 7.26 Å². The normalized spacial score (nSPS) is 11.8. The van der Waals surface area contributed by atoms with E-state index in [1.54, 1.807) is 0 Å². The first-order valence-corrected chi connectivity index (χ1v) is 11.4. The number of rotatable bonds is 4. The molecule has 3 rings (SSSR count). The van der Waals surface area contributed by atoms with Crippen molar-refractivity contribution in [2.45, 2.75) is 0 Å². The predicted molar refractivity (Wildman–Crippen MR) is 103 cm³/mol. The Morgan fingerprint density at radius 1 is 0.724 bits per heavy atom. The van der Waals surface area contributed by atoms with Gasteiger partial charge in [0.15, 0.2) is 7.26 Å². The molecule has 2 N–H and O–H groups in total. The van der Waals surface area contributed by atoms with E-state index in [0.717, 1.165) is 15.9 Å². The second-order valence-corrected chi connectivity index (χ2v) is 9.85. The van der Waals surface area contributed by atoms with Gasteiger partial charge in [-0.15, -0.1) is 10.2 Å². The van der Waals surface area contributed by atoms with Crippen LogP contribution in [0.15, 0.2) is 103 Å². The van der Waals surface area contributed by atoms with Crippen LogP contribution in [0, 0.1) is 21.6 Å². The molecule has 0 spiro atoms. The fourth-order valence-electron chi connectivity index (χ4n) is 3.04. The Bertz CT molecular complexity index is 870. The van der Waals surface area contributed by atoms with Crippen molar-refractivity contribution in [2.75, 3.05) is 0 Å². The lowest BCUT2D eigenvalue weighted by Crippen LogP contribution is -2.68. The van der Waals surface area contributed by atoms with Gasteiger partial charge in [0.2, 0.25) is 5.31 Å². The second-order valence-electron chi connectivity index (χ2n) is 5.72. The monoisotopic (exact) mass is 428 g/mol. The average molecular weight is 429 g/mol. The van der Waals surface area contributed by atoms with Gasteiger partial charge >= 0.3 is 0 Å². The molecule has 3 aromatic carbocycles. The van der Waals surface area contributed by atoms with Gasteiger partial charge in [0.05, 0.1) is 0 Å². The van der Waals surface area contributed by atoms with E-state index in [2.05, 4.69) is 42.5 Å². The van der Waals surface area contributed by atoms with E-state index in [9.17, 15) is 5.26 Å². The summed E-state index contributed by atoms with van der Waals surface area (Å²) in [6.45, 7) is 0. The van der Waals surface area contributed by atoms with E-state index in [1.165, 1.54) is 6.20 Å². The molecule has 0 aromatic heterocycles. The van der Waals surface area contributed by atoms with Gasteiger partial charge in [0, 0.05) is 6.20 Å². The molecule has 29 heavy (non-hydrogen) atoms. The molecule has 0 heterocycles. The van der Waals surface area contributed by atoms with Gasteiger partial charge in [-0.25, -0.2) is 18.6 Å². The number of benzene rings is 3. The lowest BCUT2D eigenvalue weighted by atomic mass is 10.4. The third kappa shape index (κ3) is 5.63. The minimum Gasteiger partial charge on any atom is -0.401 e. The Morgan fingerprint density at radius 3 is 1.21 bits per heavy atom. The molecule has 8 heteroatoms. The first-order chi connectivity index (χ1) is 13.8. The van der Waals surface area contributed by atoms with Gasteiger partial charge in [-0.1, -0.05) is 54.6 Å². The predicted octanol–water partition coefficient (Wildman–Crippen LogP) is -1.45. The molecular weight excluding hydrogens is 411 g/mol. The Kier molecular flexibility index (Phi) is 7.89. The Morgan fingerprint density at radius 2 is 1.00 bits per heavy atom. The number of hydrogen-bond donors (Lipinski definition) is 1. The van der Waals surface area contributed by atoms with Crippen molar-refractivity contribution in [1.29, 1.82) is 5.26 Å². The van der Waals surface area contributed by atoms with Crippen molar-refractivity contribution in [3.05, 3.63) is 103 Å². The van der Waals surface area contributed by atoms with Crippen LogP contribution in [-0.2, 0) is 0 Å². The lowest BCUT2D eigenvalue weighted by Gasteiger charge is -2.26. The van der Waals surface area contributed by atoms with Gasteiger partial charge in [-0.05, 0) is 36.4 Å². The SMILES string of the molecule is N#C/C(=C\N)[P+](c1ccccc1)(c1ccccc1)c1ccccc1.[O-][Cl+3]([O-])([O-])[O-]. The van der Waals surface area contributed by atoms with E-state index >= 15 is 0 Å². The van der Waals surface area contributed by atoms with Crippen LogP contribution < -0.4 is 40.3 Å². The average Bonchev–Trinajstić information content (AvgIpc) is 2.73. The Hall–Kier alpha value is -2.75. The largest absolute Gasteiger partial charge is 0.401 e. The molecular formula is C21H18ClN2O4P. The van der Waals surface area contributed by atoms with Crippen LogP contribution in [0.2, 0.25) is 0 Å². The summed E-state index contributed by atoms with van der Waals surface area (Å²) in [5.41, 5.74) is 5.92. The van der Waals surface area contributed by atoms with Crippen molar-refractivity contribution in [2.24, 2.45) is 5.73 Å². The first-order valence-electron chi connectivity index (χ1n) is 8.34. The topological polar surface area (TPSA) is 142 Å². The molecule has 148 valence electrons. The van der Waals surface area contributed by atoms with E-state index < -0.39 is 17.5 Å². The summed E-state index contributed by atoms with van der Waals surface area (Å²) < 4.78 is 34.0. The van der Waals surface area contributed by atoms with E-state index in [1.807, 2.05) is 54.6 Å². The molecule has 3 aromatic rings. The van der Waals surface area contributed by atoms with Gasteiger partial charge < -0.3 is 5.73 Å². The fraction of sp³-hybridized carbons (Fsp3) is 0. The van der Waals surface area contributed by atoms with Crippen LogP contribution in [0.25, 0.3) is 0 Å². The number of allylic oxidation sites excluding steroid dienone is 1. The maximum Gasteiger partial charge on any atom is 0.200 e. The van der Waals surface area contributed by atoms with Crippen LogP contribution in [0.1, 0.15) is 0 Å². The quantitative estimate of drug-likeness (QED) is 0.398. The van der Waals surface area contributed by atoms with Crippen LogP contribution in [0.3, 0.4) is 0 Å². The van der Waals surface area contributed by atoms with Gasteiger partial charge in [-0.3, -0.25) is 0 Å². The van der Waals surface area contributed by atoms with Crippen LogP contribution in [0.4, 0.5) is 0 Å². The molecule has 0 atom stereocenters. The first kappa shape index (κ1) is 22.5. The number of nitrogens with two attached hydrogens (primary N) is 1. The molecule has 0 saturated carbocycles. The third-order valence-electron chi connectivity index (χ3n) is 4.06. The van der Waals surface area contributed by atoms with Crippen LogP contribution in [-0.4, -0.2) is 0 Å². The highest BCUT2D eigenvalue weighted by Gasteiger charge is 2.49. The van der Waals surface area contributed by atoms with Crippen molar-refractivity contribution in [3.8, 4) is 6.07 Å². The second kappa shape index (κ2) is 10.1. The summed E-state index contributed by atoms with van der Waals surface area (Å²) in [7, 11) is -7.23. The van der Waals surface area contributed by atoms with Gasteiger partial charge in [-0.2, -0.15) is 5.26 Å². The summed E-state index contributed by atoms with van der Waals surface area (Å²) in [4.78, 5) is 0. The van der Waals surface area contributed by atoms with E-state index in [-0.39, 0.29) is 0 Å². The number of hydrogen-bond acceptors (Lipinski definition) is 6. The minimum atomic E-state index is -4.94. The van der Waals surface area contributed by atoms with Crippen molar-refractivity contribution in [3.63, 3.8) is 0 Å². The highest BCUT2D eigenvalue weighted by atomic mass is 35.7. The zero-order valence-electron chi connectivity index (χ0n) is 15.2. The summed E-state index contributed by atoms with van der Waals surface area (Å²) in [5.74, 6) is 0. The summed E-state index contributed by atoms with van der Waals surface area (Å²) >= 11 is 0. The highest BCUT2D eigenvalue weighted by molar-refractivity contribution is 7.99. The van der Waals surface area contributed by atoms with Gasteiger partial charge in [0.25, 0.3) is 0 Å². The molecule has 6 nitrogen and oxygen atoms in total. The lowest BCUT2D eigenvalue weighted by molar-refractivity contribution is -2.00. The summed E-state index contributed by atoms with van der Waals surface area (Å²) in [6.07, 6.45) is 1.47. The van der Waals surface area contributed by atoms with Crippen molar-refractivity contribution < 1.29 is 28.9 Å². The van der Waals surface area contributed by atoms with Gasteiger partial charge in [0.1, 0.15) is 22.0 Å². The molecule has 0 amide bonds. The maximum absolute atomic E-state index is 9.88. The summed E-state index contributed by atoms with van der Waals surface area (Å²) in [5, 5.41) is 13.9. The van der Waals surface area contributed by atoms with Crippen molar-refractivity contribution in [1.82, 2.24) is 0 Å². The van der Waals surface area contributed by atoms with Crippen LogP contribution in [0.5, 0.6) is 0 Å². The molecule has 0 unspecified atom stereocenters. The standard InChI is InChI=1S/C21H18N2P.ClHO4/c22-16-21(17-23)24(18-10-4-1-5-11-18,19-12-6-2-7-13-19)20-14-8-3-9-15-20;2-1(3,4)5/h1-16H,22H2;(H,2,3,4,5)/q+1;/p-1/b21-16+;. The zero-order chi connectivity index (χ0) is 21.3. The zero-order valence-corrected chi connectivity index (χ0v) is 16.9. The Balaban J connectivity index is 0.000000537. The maximum atomic E-state index is 9.88. The summed E-state index contributed by atoms with van der Waals surface area (Å²) in [6, 6.07) is 33.0. The number of nitrogens with zero attached hydrogens (tertiary/aromatic N) is 1. The third-order valence-corrected chi connectivity index (χ3v) is 8.25. The molecule has 0 radical (unpaired) electrons. The molecule has 0 aliphatic carbocycles. The minimum absolute atomic E-state index is 0.617. The van der Waals surface area contributed by atoms with E-state index in [4.69, 9.17) is 24.4 Å². The number of halogens is 1. The highest BCUT2D eigenvalue weighted by Crippen LogP contribution is 2.61.